The van der Waals surface area contributed by atoms with Crippen molar-refractivity contribution in [1.29, 1.82) is 0 Å². The first-order valence-electron chi connectivity index (χ1n) is 8.21. The number of nitrogens with one attached hydrogen (secondary N) is 1. The highest BCUT2D eigenvalue weighted by Crippen LogP contribution is 2.36. The van der Waals surface area contributed by atoms with Crippen molar-refractivity contribution in [3.05, 3.63) is 0 Å². The molecule has 2 rings (SSSR count). The summed E-state index contributed by atoms with van der Waals surface area (Å²) in [6.07, 6.45) is 10.0. The number of piperidine rings is 1. The van der Waals surface area contributed by atoms with Gasteiger partial charge < -0.3 is 10.2 Å². The summed E-state index contributed by atoms with van der Waals surface area (Å²) in [5.74, 6) is 1.02. The van der Waals surface area contributed by atoms with Crippen molar-refractivity contribution >= 4 is 0 Å². The zero-order valence-corrected chi connectivity index (χ0v) is 12.5. The number of hydrogen-bond donors (Lipinski definition) is 1. The minimum absolute atomic E-state index is 0.625. The van der Waals surface area contributed by atoms with Crippen LogP contribution >= 0.6 is 0 Å². The van der Waals surface area contributed by atoms with E-state index in [4.69, 9.17) is 0 Å². The molecule has 1 aliphatic heterocycles. The minimum atomic E-state index is 0.625. The van der Waals surface area contributed by atoms with Crippen molar-refractivity contribution in [2.75, 3.05) is 32.7 Å². The molecular formula is C16H32N2. The lowest BCUT2D eigenvalue weighted by atomic mass is 9.74. The molecule has 0 spiro atoms. The quantitative estimate of drug-likeness (QED) is 0.748. The van der Waals surface area contributed by atoms with Crippen molar-refractivity contribution in [2.45, 2.75) is 58.8 Å². The van der Waals surface area contributed by atoms with E-state index in [0.717, 1.165) is 5.92 Å². The summed E-state index contributed by atoms with van der Waals surface area (Å²) in [6, 6.07) is 0. The molecule has 0 aromatic rings. The molecule has 0 atom stereocenters. The molecule has 106 valence electrons. The van der Waals surface area contributed by atoms with Crippen LogP contribution in [0, 0.1) is 11.3 Å². The lowest BCUT2D eigenvalue weighted by Gasteiger charge is -2.43. The zero-order chi connectivity index (χ0) is 12.8. The van der Waals surface area contributed by atoms with Crippen molar-refractivity contribution < 1.29 is 0 Å². The van der Waals surface area contributed by atoms with Crippen LogP contribution in [0.4, 0.5) is 0 Å². The standard InChI is InChI=1S/C16H32N2/c1-3-8-16(9-11-17-12-10-16)14-18(4-2)13-15-6-5-7-15/h15,17H,3-14H2,1-2H3. The third-order valence-corrected chi connectivity index (χ3v) is 5.19. The van der Waals surface area contributed by atoms with Crippen molar-refractivity contribution in [1.82, 2.24) is 10.2 Å². The summed E-state index contributed by atoms with van der Waals surface area (Å²) in [5, 5.41) is 3.53. The zero-order valence-electron chi connectivity index (χ0n) is 12.5. The van der Waals surface area contributed by atoms with Gasteiger partial charge in [0.1, 0.15) is 0 Å². The number of rotatable bonds is 7. The lowest BCUT2D eigenvalue weighted by molar-refractivity contribution is 0.0815. The molecule has 0 bridgehead atoms. The Morgan fingerprint density at radius 3 is 2.39 bits per heavy atom. The van der Waals surface area contributed by atoms with Gasteiger partial charge in [0.15, 0.2) is 0 Å². The molecule has 2 aliphatic rings. The second-order valence-corrected chi connectivity index (χ2v) is 6.62. The van der Waals surface area contributed by atoms with Gasteiger partial charge in [-0.3, -0.25) is 0 Å². The highest BCUT2D eigenvalue weighted by atomic mass is 15.1. The third-order valence-electron chi connectivity index (χ3n) is 5.19. The van der Waals surface area contributed by atoms with E-state index in [2.05, 4.69) is 24.1 Å². The van der Waals surface area contributed by atoms with Crippen LogP contribution in [0.15, 0.2) is 0 Å². The molecule has 18 heavy (non-hydrogen) atoms. The first kappa shape index (κ1) is 14.3. The molecule has 1 N–H and O–H groups in total. The molecule has 2 heteroatoms. The van der Waals surface area contributed by atoms with Crippen LogP contribution in [-0.2, 0) is 0 Å². The van der Waals surface area contributed by atoms with Gasteiger partial charge in [0.25, 0.3) is 0 Å². The summed E-state index contributed by atoms with van der Waals surface area (Å²) in [5.41, 5.74) is 0.625. The van der Waals surface area contributed by atoms with E-state index in [1.807, 2.05) is 0 Å². The number of hydrogen-bond acceptors (Lipinski definition) is 2. The fourth-order valence-electron chi connectivity index (χ4n) is 3.79. The normalized spacial score (nSPS) is 24.2. The Morgan fingerprint density at radius 2 is 1.89 bits per heavy atom. The van der Waals surface area contributed by atoms with Crippen molar-refractivity contribution in [3.63, 3.8) is 0 Å². The molecule has 2 nitrogen and oxygen atoms in total. The van der Waals surface area contributed by atoms with Gasteiger partial charge in [0.2, 0.25) is 0 Å². The summed E-state index contributed by atoms with van der Waals surface area (Å²) in [6.45, 7) is 11.1. The second kappa shape index (κ2) is 6.91. The SMILES string of the molecule is CCCC1(CN(CC)CC2CCC2)CCNCC1. The summed E-state index contributed by atoms with van der Waals surface area (Å²) in [4.78, 5) is 2.75. The summed E-state index contributed by atoms with van der Waals surface area (Å²) >= 11 is 0. The molecule has 2 fully saturated rings. The van der Waals surface area contributed by atoms with Gasteiger partial charge in [-0.2, -0.15) is 0 Å². The molecule has 0 aromatic carbocycles. The summed E-state index contributed by atoms with van der Waals surface area (Å²) in [7, 11) is 0. The van der Waals surface area contributed by atoms with E-state index in [0.29, 0.717) is 5.41 Å². The third kappa shape index (κ3) is 3.71. The maximum Gasteiger partial charge on any atom is 0.00389 e. The van der Waals surface area contributed by atoms with Crippen molar-refractivity contribution in [2.24, 2.45) is 11.3 Å². The van der Waals surface area contributed by atoms with Gasteiger partial charge in [-0.15, -0.1) is 0 Å². The Labute approximate surface area is 114 Å². The second-order valence-electron chi connectivity index (χ2n) is 6.62. The predicted octanol–water partition coefficient (Wildman–Crippen LogP) is 3.28. The van der Waals surface area contributed by atoms with Crippen LogP contribution in [0.5, 0.6) is 0 Å². The average Bonchev–Trinajstić information content (AvgIpc) is 2.33. The van der Waals surface area contributed by atoms with Gasteiger partial charge in [-0.1, -0.05) is 26.7 Å². The first-order chi connectivity index (χ1) is 8.78. The van der Waals surface area contributed by atoms with E-state index in [1.54, 1.807) is 0 Å². The van der Waals surface area contributed by atoms with Crippen LogP contribution in [0.1, 0.15) is 58.8 Å². The Kier molecular flexibility index (Phi) is 5.50. The van der Waals surface area contributed by atoms with Crippen molar-refractivity contribution in [3.8, 4) is 0 Å². The van der Waals surface area contributed by atoms with E-state index in [9.17, 15) is 0 Å². The lowest BCUT2D eigenvalue weighted by Crippen LogP contribution is -2.46. The largest absolute Gasteiger partial charge is 0.317 e. The average molecular weight is 252 g/mol. The maximum atomic E-state index is 3.53. The van der Waals surface area contributed by atoms with E-state index < -0.39 is 0 Å². The monoisotopic (exact) mass is 252 g/mol. The number of nitrogens with zero attached hydrogens (tertiary/aromatic N) is 1. The maximum absolute atomic E-state index is 3.53. The molecule has 1 saturated carbocycles. The van der Waals surface area contributed by atoms with Crippen LogP contribution in [0.25, 0.3) is 0 Å². The molecule has 0 amide bonds. The van der Waals surface area contributed by atoms with Crippen LogP contribution < -0.4 is 5.32 Å². The Bertz CT molecular complexity index is 224. The first-order valence-corrected chi connectivity index (χ1v) is 8.21. The highest BCUT2D eigenvalue weighted by Gasteiger charge is 2.33. The van der Waals surface area contributed by atoms with Gasteiger partial charge in [-0.25, -0.2) is 0 Å². The highest BCUT2D eigenvalue weighted by molar-refractivity contribution is 4.88. The van der Waals surface area contributed by atoms with Crippen LogP contribution in [0.3, 0.4) is 0 Å². The van der Waals surface area contributed by atoms with Gasteiger partial charge in [-0.05, 0) is 63.1 Å². The van der Waals surface area contributed by atoms with E-state index >= 15 is 0 Å². The smallest absolute Gasteiger partial charge is 0.00389 e. The molecule has 0 unspecified atom stereocenters. The Balaban J connectivity index is 1.87. The van der Waals surface area contributed by atoms with Gasteiger partial charge >= 0.3 is 0 Å². The molecule has 0 radical (unpaired) electrons. The summed E-state index contributed by atoms with van der Waals surface area (Å²) < 4.78 is 0. The van der Waals surface area contributed by atoms with E-state index in [-0.39, 0.29) is 0 Å². The fraction of sp³-hybridized carbons (Fsp3) is 1.00. The molecule has 1 aliphatic carbocycles. The fourth-order valence-corrected chi connectivity index (χ4v) is 3.79. The minimum Gasteiger partial charge on any atom is -0.317 e. The predicted molar refractivity (Wildman–Crippen MR) is 78.9 cm³/mol. The Morgan fingerprint density at radius 1 is 1.17 bits per heavy atom. The topological polar surface area (TPSA) is 15.3 Å². The van der Waals surface area contributed by atoms with Gasteiger partial charge in [0.05, 0.1) is 0 Å². The van der Waals surface area contributed by atoms with E-state index in [1.165, 1.54) is 77.7 Å². The molecular weight excluding hydrogens is 220 g/mol. The van der Waals surface area contributed by atoms with Crippen LogP contribution in [0.2, 0.25) is 0 Å². The van der Waals surface area contributed by atoms with Gasteiger partial charge in [0, 0.05) is 13.1 Å². The Hall–Kier alpha value is -0.0800. The molecule has 1 saturated heterocycles. The molecule has 1 heterocycles. The van der Waals surface area contributed by atoms with Crippen LogP contribution in [-0.4, -0.2) is 37.6 Å². The molecule has 0 aromatic heterocycles.